The highest BCUT2D eigenvalue weighted by atomic mass is 28.3. The lowest BCUT2D eigenvalue weighted by molar-refractivity contribution is -0.161. The highest BCUT2D eigenvalue weighted by Gasteiger charge is 2.57. The van der Waals surface area contributed by atoms with Gasteiger partial charge in [0.1, 0.15) is 0 Å². The van der Waals surface area contributed by atoms with E-state index in [-0.39, 0.29) is 17.0 Å². The molecule has 1 aliphatic rings. The van der Waals surface area contributed by atoms with E-state index in [0.29, 0.717) is 5.92 Å². The summed E-state index contributed by atoms with van der Waals surface area (Å²) in [5, 5.41) is 10.0. The molecule has 0 unspecified atom stereocenters. The third-order valence-electron chi connectivity index (χ3n) is 4.78. The Hall–Kier alpha value is -0.353. The molecule has 1 amide bonds. The minimum Gasteiger partial charge on any atom is -0.381 e. The maximum absolute atomic E-state index is 12.0. The van der Waals surface area contributed by atoms with Crippen molar-refractivity contribution in [1.29, 1.82) is 0 Å². The van der Waals surface area contributed by atoms with E-state index in [2.05, 4.69) is 47.7 Å². The lowest BCUT2D eigenvalue weighted by Gasteiger charge is -2.58. The van der Waals surface area contributed by atoms with Gasteiger partial charge in [-0.1, -0.05) is 54.1 Å². The Morgan fingerprint density at radius 1 is 1.41 bits per heavy atom. The number of hydrogen-bond acceptors (Lipinski definition) is 2. The fourth-order valence-corrected chi connectivity index (χ4v) is 4.86. The van der Waals surface area contributed by atoms with Crippen LogP contribution in [-0.2, 0) is 4.79 Å². The number of carbonyl (C=O) groups is 1. The first-order valence-corrected chi connectivity index (χ1v) is 9.51. The molecule has 0 bridgehead atoms. The lowest BCUT2D eigenvalue weighted by atomic mass is 9.88. The summed E-state index contributed by atoms with van der Waals surface area (Å²) in [4.78, 5) is 12.0. The molecular weight excluding hydrogens is 230 g/mol. The fraction of sp³-hybridized carbons (Fsp3) is 0.923. The van der Waals surface area contributed by atoms with Crippen LogP contribution in [0.3, 0.4) is 0 Å². The summed E-state index contributed by atoms with van der Waals surface area (Å²) in [5.74, 6) is 0.318. The Morgan fingerprint density at radius 2 is 1.88 bits per heavy atom. The number of rotatable bonds is 3. The van der Waals surface area contributed by atoms with Gasteiger partial charge >= 0.3 is 0 Å². The van der Waals surface area contributed by atoms with Crippen molar-refractivity contribution in [3.63, 3.8) is 0 Å². The highest BCUT2D eigenvalue weighted by molar-refractivity contribution is 6.80. The Morgan fingerprint density at radius 3 is 2.24 bits per heavy atom. The van der Waals surface area contributed by atoms with Crippen LogP contribution in [0.4, 0.5) is 0 Å². The Balaban J connectivity index is 3.00. The standard InChI is InChI=1S/C13H27NO2Si/c1-8-9(2)10-11(15)12(16)14(10)17(6,7)13(3,4)5/h9-11,15H,8H2,1-7H3/t9-,10-,11-/m0/s1. The predicted molar refractivity (Wildman–Crippen MR) is 73.3 cm³/mol. The van der Waals surface area contributed by atoms with Crippen LogP contribution in [0.2, 0.25) is 18.1 Å². The van der Waals surface area contributed by atoms with Gasteiger partial charge in [0, 0.05) is 0 Å². The average molecular weight is 257 g/mol. The molecule has 17 heavy (non-hydrogen) atoms. The van der Waals surface area contributed by atoms with Gasteiger partial charge in [0.25, 0.3) is 0 Å². The molecule has 0 aromatic carbocycles. The number of amides is 1. The molecule has 0 aliphatic carbocycles. The summed E-state index contributed by atoms with van der Waals surface area (Å²) in [7, 11) is -1.84. The van der Waals surface area contributed by atoms with Crippen molar-refractivity contribution in [2.75, 3.05) is 0 Å². The number of hydrogen-bond donors (Lipinski definition) is 1. The fourth-order valence-electron chi connectivity index (χ4n) is 2.31. The first kappa shape index (κ1) is 14.7. The van der Waals surface area contributed by atoms with Crippen LogP contribution in [0.15, 0.2) is 0 Å². The van der Waals surface area contributed by atoms with Gasteiger partial charge in [-0.15, -0.1) is 0 Å². The quantitative estimate of drug-likeness (QED) is 0.623. The minimum absolute atomic E-state index is 0.0355. The molecule has 1 heterocycles. The Bertz CT molecular complexity index is 309. The van der Waals surface area contributed by atoms with Gasteiger partial charge in [-0.3, -0.25) is 4.79 Å². The van der Waals surface area contributed by atoms with Crippen molar-refractivity contribution in [3.05, 3.63) is 0 Å². The van der Waals surface area contributed by atoms with Crippen molar-refractivity contribution < 1.29 is 9.90 Å². The van der Waals surface area contributed by atoms with E-state index >= 15 is 0 Å². The molecule has 1 saturated heterocycles. The van der Waals surface area contributed by atoms with Crippen LogP contribution < -0.4 is 0 Å². The van der Waals surface area contributed by atoms with Gasteiger partial charge in [0.2, 0.25) is 5.91 Å². The maximum Gasteiger partial charge on any atom is 0.246 e. The summed E-state index contributed by atoms with van der Waals surface area (Å²) in [5.41, 5.74) is 0. The third-order valence-corrected chi connectivity index (χ3v) is 10.2. The summed E-state index contributed by atoms with van der Waals surface area (Å²) in [6.07, 6.45) is 0.235. The number of nitrogens with zero attached hydrogens (tertiary/aromatic N) is 1. The smallest absolute Gasteiger partial charge is 0.246 e. The molecule has 3 atom stereocenters. The summed E-state index contributed by atoms with van der Waals surface area (Å²) >= 11 is 0. The van der Waals surface area contributed by atoms with Gasteiger partial charge in [0.15, 0.2) is 14.3 Å². The van der Waals surface area contributed by atoms with Crippen molar-refractivity contribution in [3.8, 4) is 0 Å². The highest BCUT2D eigenvalue weighted by Crippen LogP contribution is 2.44. The van der Waals surface area contributed by atoms with E-state index < -0.39 is 14.3 Å². The summed E-state index contributed by atoms with van der Waals surface area (Å²) in [6, 6.07) is 0.0355. The van der Waals surface area contributed by atoms with Crippen molar-refractivity contribution in [1.82, 2.24) is 4.57 Å². The molecule has 0 radical (unpaired) electrons. The molecule has 4 heteroatoms. The molecule has 0 saturated carbocycles. The lowest BCUT2D eigenvalue weighted by Crippen LogP contribution is -2.76. The third kappa shape index (κ3) is 2.17. The zero-order chi connectivity index (χ0) is 13.6. The van der Waals surface area contributed by atoms with E-state index in [1.807, 2.05) is 4.57 Å². The molecule has 0 spiro atoms. The van der Waals surface area contributed by atoms with E-state index in [1.165, 1.54) is 0 Å². The second kappa shape index (κ2) is 4.39. The number of carbonyl (C=O) groups excluding carboxylic acids is 1. The van der Waals surface area contributed by atoms with Crippen LogP contribution in [0.5, 0.6) is 0 Å². The van der Waals surface area contributed by atoms with Crippen molar-refractivity contribution in [2.45, 2.75) is 71.3 Å². The first-order valence-electron chi connectivity index (χ1n) is 6.57. The van der Waals surface area contributed by atoms with E-state index in [4.69, 9.17) is 0 Å². The molecule has 0 aromatic rings. The second-order valence-corrected chi connectivity index (χ2v) is 11.9. The van der Waals surface area contributed by atoms with Crippen molar-refractivity contribution >= 4 is 14.1 Å². The van der Waals surface area contributed by atoms with Gasteiger partial charge in [-0.05, 0) is 11.0 Å². The Labute approximate surface area is 106 Å². The molecule has 1 rings (SSSR count). The van der Waals surface area contributed by atoms with Crippen LogP contribution >= 0.6 is 0 Å². The largest absolute Gasteiger partial charge is 0.381 e. The SMILES string of the molecule is CC[C@H](C)[C@H]1[C@H](O)C(=O)N1[Si](C)(C)C(C)(C)C. The number of β-lactam (4-membered cyclic amide) rings is 1. The molecule has 1 fully saturated rings. The first-order chi connectivity index (χ1) is 7.55. The Kier molecular flexibility index (Phi) is 3.80. The zero-order valence-electron chi connectivity index (χ0n) is 12.2. The molecule has 0 aromatic heterocycles. The van der Waals surface area contributed by atoms with Crippen molar-refractivity contribution in [2.24, 2.45) is 5.92 Å². The van der Waals surface area contributed by atoms with Crippen LogP contribution in [0.25, 0.3) is 0 Å². The predicted octanol–water partition coefficient (Wildman–Crippen LogP) is 2.61. The second-order valence-electron chi connectivity index (χ2n) is 6.84. The van der Waals surface area contributed by atoms with E-state index in [0.717, 1.165) is 6.42 Å². The van der Waals surface area contributed by atoms with E-state index in [1.54, 1.807) is 0 Å². The van der Waals surface area contributed by atoms with Gasteiger partial charge < -0.3 is 9.67 Å². The molecular formula is C13H27NO2Si. The summed E-state index contributed by atoms with van der Waals surface area (Å²) < 4.78 is 2.03. The topological polar surface area (TPSA) is 40.5 Å². The van der Waals surface area contributed by atoms with Crippen LogP contribution in [-0.4, -0.2) is 36.0 Å². The van der Waals surface area contributed by atoms with Gasteiger partial charge in [-0.25, -0.2) is 0 Å². The normalized spacial score (nSPS) is 28.0. The molecule has 100 valence electrons. The van der Waals surface area contributed by atoms with Crippen LogP contribution in [0, 0.1) is 5.92 Å². The average Bonchev–Trinajstić information content (AvgIpc) is 2.21. The summed E-state index contributed by atoms with van der Waals surface area (Å²) in [6.45, 7) is 15.3. The molecule has 1 aliphatic heterocycles. The number of aliphatic hydroxyl groups excluding tert-OH is 1. The molecule has 1 N–H and O–H groups in total. The number of aliphatic hydroxyl groups is 1. The van der Waals surface area contributed by atoms with Gasteiger partial charge in [0.05, 0.1) is 6.04 Å². The zero-order valence-corrected chi connectivity index (χ0v) is 13.2. The van der Waals surface area contributed by atoms with E-state index in [9.17, 15) is 9.90 Å². The monoisotopic (exact) mass is 257 g/mol. The minimum atomic E-state index is -1.84. The van der Waals surface area contributed by atoms with Crippen LogP contribution in [0.1, 0.15) is 41.0 Å². The molecule has 3 nitrogen and oxygen atoms in total. The maximum atomic E-state index is 12.0. The van der Waals surface area contributed by atoms with Gasteiger partial charge in [-0.2, -0.15) is 0 Å².